The molecular weight excluding hydrogens is 254 g/mol. The zero-order valence-corrected chi connectivity index (χ0v) is 11.7. The molecule has 0 fully saturated rings. The summed E-state index contributed by atoms with van der Waals surface area (Å²) in [4.78, 5) is 4.13. The molecule has 0 amide bonds. The maximum absolute atomic E-state index is 5.77. The van der Waals surface area contributed by atoms with Crippen molar-refractivity contribution in [2.24, 2.45) is 5.84 Å². The van der Waals surface area contributed by atoms with Crippen molar-refractivity contribution < 1.29 is 9.47 Å². The summed E-state index contributed by atoms with van der Waals surface area (Å²) in [6.45, 7) is 2.54. The van der Waals surface area contributed by atoms with Gasteiger partial charge in [0.2, 0.25) is 0 Å². The number of rotatable bonds is 6. The first-order valence-corrected chi connectivity index (χ1v) is 6.48. The van der Waals surface area contributed by atoms with Gasteiger partial charge in [0.15, 0.2) is 11.5 Å². The molecule has 20 heavy (non-hydrogen) atoms. The van der Waals surface area contributed by atoms with Crippen LogP contribution in [-0.4, -0.2) is 12.1 Å². The quantitative estimate of drug-likeness (QED) is 0.625. The van der Waals surface area contributed by atoms with Crippen LogP contribution in [0.25, 0.3) is 0 Å². The summed E-state index contributed by atoms with van der Waals surface area (Å²) < 4.78 is 11.1. The van der Waals surface area contributed by atoms with E-state index in [-0.39, 0.29) is 0 Å². The SMILES string of the molecule is CCc1ccc(OCc2ccc(NN)nc2)c(OC)c1. The molecule has 0 spiro atoms. The summed E-state index contributed by atoms with van der Waals surface area (Å²) in [6, 6.07) is 9.68. The molecule has 0 bridgehead atoms. The molecule has 0 radical (unpaired) electrons. The maximum Gasteiger partial charge on any atom is 0.161 e. The van der Waals surface area contributed by atoms with Crippen LogP contribution >= 0.6 is 0 Å². The van der Waals surface area contributed by atoms with Gasteiger partial charge in [0.05, 0.1) is 7.11 Å². The average Bonchev–Trinajstić information content (AvgIpc) is 2.53. The molecular formula is C15H19N3O2. The Kier molecular flexibility index (Phi) is 4.79. The van der Waals surface area contributed by atoms with E-state index in [1.54, 1.807) is 19.4 Å². The van der Waals surface area contributed by atoms with Crippen LogP contribution in [0.5, 0.6) is 11.5 Å². The Morgan fingerprint density at radius 3 is 2.55 bits per heavy atom. The van der Waals surface area contributed by atoms with E-state index in [0.29, 0.717) is 12.4 Å². The zero-order chi connectivity index (χ0) is 14.4. The summed E-state index contributed by atoms with van der Waals surface area (Å²) in [7, 11) is 1.64. The minimum absolute atomic E-state index is 0.430. The Morgan fingerprint density at radius 2 is 1.95 bits per heavy atom. The van der Waals surface area contributed by atoms with Crippen molar-refractivity contribution in [2.75, 3.05) is 12.5 Å². The maximum atomic E-state index is 5.77. The van der Waals surface area contributed by atoms with Crippen molar-refractivity contribution in [1.29, 1.82) is 0 Å². The van der Waals surface area contributed by atoms with Gasteiger partial charge in [0.1, 0.15) is 12.4 Å². The molecule has 0 saturated carbocycles. The monoisotopic (exact) mass is 273 g/mol. The highest BCUT2D eigenvalue weighted by Gasteiger charge is 2.05. The highest BCUT2D eigenvalue weighted by Crippen LogP contribution is 2.28. The van der Waals surface area contributed by atoms with Crippen LogP contribution in [0.2, 0.25) is 0 Å². The molecule has 0 aliphatic rings. The second-order valence-corrected chi connectivity index (χ2v) is 4.32. The van der Waals surface area contributed by atoms with Crippen LogP contribution in [0.4, 0.5) is 5.82 Å². The number of ether oxygens (including phenoxy) is 2. The highest BCUT2D eigenvalue weighted by molar-refractivity contribution is 5.43. The lowest BCUT2D eigenvalue weighted by Crippen LogP contribution is -2.08. The lowest BCUT2D eigenvalue weighted by molar-refractivity contribution is 0.284. The first-order valence-electron chi connectivity index (χ1n) is 6.48. The second kappa shape index (κ2) is 6.77. The van der Waals surface area contributed by atoms with Crippen molar-refractivity contribution in [3.63, 3.8) is 0 Å². The van der Waals surface area contributed by atoms with Crippen molar-refractivity contribution in [3.8, 4) is 11.5 Å². The number of methoxy groups -OCH3 is 1. The lowest BCUT2D eigenvalue weighted by Gasteiger charge is -2.12. The van der Waals surface area contributed by atoms with Crippen LogP contribution in [0, 0.1) is 0 Å². The number of hydrazine groups is 1. The van der Waals surface area contributed by atoms with Crippen molar-refractivity contribution in [1.82, 2.24) is 4.98 Å². The number of nitrogens with two attached hydrogens (primary N) is 1. The van der Waals surface area contributed by atoms with Gasteiger partial charge < -0.3 is 14.9 Å². The van der Waals surface area contributed by atoms with Gasteiger partial charge in [-0.05, 0) is 30.2 Å². The van der Waals surface area contributed by atoms with Crippen LogP contribution in [0.15, 0.2) is 36.5 Å². The van der Waals surface area contributed by atoms with E-state index in [1.165, 1.54) is 5.56 Å². The first-order chi connectivity index (χ1) is 9.76. The summed E-state index contributed by atoms with van der Waals surface area (Å²) in [5.74, 6) is 7.37. The fraction of sp³-hybridized carbons (Fsp3) is 0.267. The molecule has 1 heterocycles. The minimum atomic E-state index is 0.430. The topological polar surface area (TPSA) is 69.4 Å². The predicted molar refractivity (Wildman–Crippen MR) is 78.8 cm³/mol. The number of pyridine rings is 1. The number of hydrogen-bond donors (Lipinski definition) is 2. The standard InChI is InChI=1S/C15H19N3O2/c1-3-11-4-6-13(14(8-11)19-2)20-10-12-5-7-15(18-16)17-9-12/h4-9H,3,10,16H2,1-2H3,(H,17,18). The van der Waals surface area contributed by atoms with Gasteiger partial charge in [-0.25, -0.2) is 10.8 Å². The van der Waals surface area contributed by atoms with Crippen molar-refractivity contribution in [2.45, 2.75) is 20.0 Å². The molecule has 0 atom stereocenters. The summed E-state index contributed by atoms with van der Waals surface area (Å²) >= 11 is 0. The van der Waals surface area contributed by atoms with Gasteiger partial charge in [-0.3, -0.25) is 0 Å². The number of hydrogen-bond acceptors (Lipinski definition) is 5. The van der Waals surface area contributed by atoms with Crippen molar-refractivity contribution in [3.05, 3.63) is 47.7 Å². The third kappa shape index (κ3) is 3.39. The van der Waals surface area contributed by atoms with Crippen molar-refractivity contribution >= 4 is 5.82 Å². The largest absolute Gasteiger partial charge is 0.493 e. The fourth-order valence-corrected chi connectivity index (χ4v) is 1.81. The Hall–Kier alpha value is -2.27. The molecule has 1 aromatic carbocycles. The Labute approximate surface area is 118 Å². The second-order valence-electron chi connectivity index (χ2n) is 4.32. The molecule has 0 unspecified atom stereocenters. The molecule has 106 valence electrons. The molecule has 1 aromatic heterocycles. The number of aromatic nitrogens is 1. The summed E-state index contributed by atoms with van der Waals surface area (Å²) in [5, 5.41) is 0. The number of nitrogen functional groups attached to an aromatic ring is 1. The van der Waals surface area contributed by atoms with Gasteiger partial charge >= 0.3 is 0 Å². The van der Waals surface area contributed by atoms with E-state index in [1.807, 2.05) is 24.3 Å². The molecule has 0 aliphatic carbocycles. The van der Waals surface area contributed by atoms with E-state index < -0.39 is 0 Å². The fourth-order valence-electron chi connectivity index (χ4n) is 1.81. The molecule has 2 rings (SSSR count). The van der Waals surface area contributed by atoms with Crippen LogP contribution in [0.1, 0.15) is 18.1 Å². The average molecular weight is 273 g/mol. The van der Waals surface area contributed by atoms with E-state index in [9.17, 15) is 0 Å². The van der Waals surface area contributed by atoms with E-state index in [0.717, 1.165) is 23.5 Å². The number of nitrogens with zero attached hydrogens (tertiary/aromatic N) is 1. The van der Waals surface area contributed by atoms with Crippen LogP contribution in [0.3, 0.4) is 0 Å². The molecule has 5 heteroatoms. The lowest BCUT2D eigenvalue weighted by atomic mass is 10.1. The summed E-state index contributed by atoms with van der Waals surface area (Å²) in [5.41, 5.74) is 4.67. The Balaban J connectivity index is 2.05. The van der Waals surface area contributed by atoms with Crippen LogP contribution in [-0.2, 0) is 13.0 Å². The number of benzene rings is 1. The smallest absolute Gasteiger partial charge is 0.161 e. The normalized spacial score (nSPS) is 10.2. The molecule has 5 nitrogen and oxygen atoms in total. The first kappa shape index (κ1) is 14.1. The molecule has 0 saturated heterocycles. The Bertz CT molecular complexity index is 556. The van der Waals surface area contributed by atoms with Gasteiger partial charge in [-0.15, -0.1) is 0 Å². The zero-order valence-electron chi connectivity index (χ0n) is 11.7. The van der Waals surface area contributed by atoms with Gasteiger partial charge in [-0.1, -0.05) is 19.1 Å². The van der Waals surface area contributed by atoms with Gasteiger partial charge in [0, 0.05) is 11.8 Å². The third-order valence-electron chi connectivity index (χ3n) is 3.00. The van der Waals surface area contributed by atoms with Gasteiger partial charge in [-0.2, -0.15) is 0 Å². The number of anilines is 1. The third-order valence-corrected chi connectivity index (χ3v) is 3.00. The molecule has 0 aliphatic heterocycles. The highest BCUT2D eigenvalue weighted by atomic mass is 16.5. The van der Waals surface area contributed by atoms with E-state index in [2.05, 4.69) is 17.3 Å². The van der Waals surface area contributed by atoms with Crippen LogP contribution < -0.4 is 20.7 Å². The van der Waals surface area contributed by atoms with Gasteiger partial charge in [0.25, 0.3) is 0 Å². The van der Waals surface area contributed by atoms with E-state index >= 15 is 0 Å². The number of aryl methyl sites for hydroxylation is 1. The van der Waals surface area contributed by atoms with E-state index in [4.69, 9.17) is 15.3 Å². The predicted octanol–water partition coefficient (Wildman–Crippen LogP) is 2.52. The molecule has 3 N–H and O–H groups in total. The molecule has 2 aromatic rings. The number of nitrogens with one attached hydrogen (secondary N) is 1. The minimum Gasteiger partial charge on any atom is -0.493 e. The Morgan fingerprint density at radius 1 is 1.15 bits per heavy atom. The summed E-state index contributed by atoms with van der Waals surface area (Å²) in [6.07, 6.45) is 2.69.